The molecule has 0 unspecified atom stereocenters. The lowest BCUT2D eigenvalue weighted by Gasteiger charge is -2.14. The molecule has 0 aliphatic heterocycles. The Kier molecular flexibility index (Phi) is 4.54. The van der Waals surface area contributed by atoms with Crippen LogP contribution in [0, 0.1) is 5.82 Å². The highest BCUT2D eigenvalue weighted by molar-refractivity contribution is 6.05. The van der Waals surface area contributed by atoms with Gasteiger partial charge in [-0.3, -0.25) is 4.79 Å². The van der Waals surface area contributed by atoms with Crippen LogP contribution in [0.25, 0.3) is 0 Å². The number of anilines is 1. The Bertz CT molecular complexity index is 748. The first-order chi connectivity index (χ1) is 11.0. The molecule has 0 atom stereocenters. The fraction of sp³-hybridized carbons (Fsp3) is 0.133. The Morgan fingerprint density at radius 1 is 0.833 bits per heavy atom. The summed E-state index contributed by atoms with van der Waals surface area (Å²) in [5.74, 6) is -2.91. The van der Waals surface area contributed by atoms with Gasteiger partial charge < -0.3 is 5.32 Å². The zero-order chi connectivity index (χ0) is 18.1. The quantitative estimate of drug-likeness (QED) is 0.748. The highest BCUT2D eigenvalue weighted by Crippen LogP contribution is 2.34. The Balaban J connectivity index is 2.30. The van der Waals surface area contributed by atoms with Crippen molar-refractivity contribution in [3.63, 3.8) is 0 Å². The van der Waals surface area contributed by atoms with E-state index in [1.165, 1.54) is 0 Å². The van der Waals surface area contributed by atoms with Gasteiger partial charge in [0, 0.05) is 5.69 Å². The van der Waals surface area contributed by atoms with E-state index in [0.29, 0.717) is 18.2 Å². The largest absolute Gasteiger partial charge is 0.420 e. The summed E-state index contributed by atoms with van der Waals surface area (Å²) in [6, 6.07) is 5.33. The molecule has 0 aliphatic carbocycles. The lowest BCUT2D eigenvalue weighted by atomic mass is 10.1. The van der Waals surface area contributed by atoms with E-state index < -0.39 is 40.8 Å². The van der Waals surface area contributed by atoms with Crippen LogP contribution in [0.15, 0.2) is 42.5 Å². The van der Waals surface area contributed by atoms with E-state index >= 15 is 0 Å². The number of alkyl halides is 6. The molecule has 0 saturated carbocycles. The zero-order valence-electron chi connectivity index (χ0n) is 11.6. The van der Waals surface area contributed by atoms with Gasteiger partial charge in [-0.15, -0.1) is 0 Å². The van der Waals surface area contributed by atoms with Crippen LogP contribution in [0.3, 0.4) is 0 Å². The second-order valence-electron chi connectivity index (χ2n) is 4.69. The molecule has 0 radical (unpaired) electrons. The van der Waals surface area contributed by atoms with Crippen molar-refractivity contribution < 1.29 is 35.5 Å². The summed E-state index contributed by atoms with van der Waals surface area (Å²) in [5, 5.41) is 2.00. The fourth-order valence-electron chi connectivity index (χ4n) is 1.94. The van der Waals surface area contributed by atoms with Gasteiger partial charge in [-0.1, -0.05) is 6.07 Å². The Morgan fingerprint density at radius 2 is 1.42 bits per heavy atom. The van der Waals surface area contributed by atoms with E-state index in [2.05, 4.69) is 0 Å². The van der Waals surface area contributed by atoms with Gasteiger partial charge in [0.1, 0.15) is 11.4 Å². The number of rotatable bonds is 2. The summed E-state index contributed by atoms with van der Waals surface area (Å²) in [6.07, 6.45) is -9.69. The van der Waals surface area contributed by atoms with Crippen LogP contribution < -0.4 is 5.32 Å². The minimum absolute atomic E-state index is 0.162. The molecular weight excluding hydrogens is 343 g/mol. The Morgan fingerprint density at radius 3 is 1.92 bits per heavy atom. The van der Waals surface area contributed by atoms with Gasteiger partial charge in [0.15, 0.2) is 0 Å². The second-order valence-corrected chi connectivity index (χ2v) is 4.69. The van der Waals surface area contributed by atoms with Crippen molar-refractivity contribution in [1.82, 2.24) is 0 Å². The Labute approximate surface area is 130 Å². The average Bonchev–Trinajstić information content (AvgIpc) is 2.45. The molecule has 0 aromatic heterocycles. The molecule has 2 rings (SSSR count). The zero-order valence-corrected chi connectivity index (χ0v) is 11.6. The lowest BCUT2D eigenvalue weighted by molar-refractivity contribution is -0.140. The van der Waals surface area contributed by atoms with Crippen LogP contribution in [-0.4, -0.2) is 5.91 Å². The minimum Gasteiger partial charge on any atom is -0.322 e. The van der Waals surface area contributed by atoms with E-state index in [-0.39, 0.29) is 5.69 Å². The van der Waals surface area contributed by atoms with Gasteiger partial charge in [0.2, 0.25) is 0 Å². The SMILES string of the molecule is O=C(Nc1ccc(C(F)(F)F)cc1)c1cccc(F)c1C(F)(F)F. The van der Waals surface area contributed by atoms with Gasteiger partial charge in [0.05, 0.1) is 11.1 Å². The predicted molar refractivity (Wildman–Crippen MR) is 70.8 cm³/mol. The molecule has 9 heteroatoms. The van der Waals surface area contributed by atoms with E-state index in [0.717, 1.165) is 24.3 Å². The van der Waals surface area contributed by atoms with Gasteiger partial charge in [0.25, 0.3) is 5.91 Å². The maximum Gasteiger partial charge on any atom is 0.420 e. The number of halogens is 7. The maximum absolute atomic E-state index is 13.4. The first-order valence-corrected chi connectivity index (χ1v) is 6.34. The monoisotopic (exact) mass is 351 g/mol. The molecule has 0 saturated heterocycles. The topological polar surface area (TPSA) is 29.1 Å². The van der Waals surface area contributed by atoms with Gasteiger partial charge in [-0.05, 0) is 36.4 Å². The molecule has 0 bridgehead atoms. The van der Waals surface area contributed by atoms with Gasteiger partial charge in [-0.25, -0.2) is 4.39 Å². The molecule has 2 nitrogen and oxygen atoms in total. The molecule has 128 valence electrons. The molecule has 1 N–H and O–H groups in total. The number of carbonyl (C=O) groups excluding carboxylic acids is 1. The van der Waals surface area contributed by atoms with Crippen molar-refractivity contribution in [2.45, 2.75) is 12.4 Å². The molecular formula is C15H8F7NO. The minimum atomic E-state index is -5.10. The summed E-state index contributed by atoms with van der Waals surface area (Å²) in [4.78, 5) is 11.9. The molecule has 2 aromatic carbocycles. The van der Waals surface area contributed by atoms with Gasteiger partial charge >= 0.3 is 12.4 Å². The normalized spacial score (nSPS) is 12.1. The molecule has 1 amide bonds. The van der Waals surface area contributed by atoms with Crippen molar-refractivity contribution in [1.29, 1.82) is 0 Å². The van der Waals surface area contributed by atoms with Crippen LogP contribution in [0.4, 0.5) is 36.4 Å². The summed E-state index contributed by atoms with van der Waals surface area (Å²) in [5.41, 5.74) is -3.86. The predicted octanol–water partition coefficient (Wildman–Crippen LogP) is 5.12. The van der Waals surface area contributed by atoms with Crippen molar-refractivity contribution in [3.05, 3.63) is 65.0 Å². The third-order valence-corrected chi connectivity index (χ3v) is 3.01. The number of amides is 1. The van der Waals surface area contributed by atoms with E-state index in [1.54, 1.807) is 0 Å². The average molecular weight is 351 g/mol. The van der Waals surface area contributed by atoms with Crippen LogP contribution in [0.2, 0.25) is 0 Å². The van der Waals surface area contributed by atoms with E-state index in [4.69, 9.17) is 0 Å². The summed E-state index contributed by atoms with van der Waals surface area (Å²) < 4.78 is 89.2. The smallest absolute Gasteiger partial charge is 0.322 e. The first-order valence-electron chi connectivity index (χ1n) is 6.34. The molecule has 0 heterocycles. The number of carbonyl (C=O) groups is 1. The van der Waals surface area contributed by atoms with Crippen LogP contribution >= 0.6 is 0 Å². The van der Waals surface area contributed by atoms with Gasteiger partial charge in [-0.2, -0.15) is 26.3 Å². The molecule has 2 aromatic rings. The van der Waals surface area contributed by atoms with Crippen molar-refractivity contribution in [3.8, 4) is 0 Å². The second kappa shape index (κ2) is 6.14. The molecule has 0 spiro atoms. The third-order valence-electron chi connectivity index (χ3n) is 3.01. The summed E-state index contributed by atoms with van der Waals surface area (Å²) in [6.45, 7) is 0. The molecule has 0 aliphatic rings. The van der Waals surface area contributed by atoms with Crippen LogP contribution in [-0.2, 0) is 12.4 Å². The maximum atomic E-state index is 13.4. The van der Waals surface area contributed by atoms with E-state index in [9.17, 15) is 35.5 Å². The third kappa shape index (κ3) is 3.84. The highest BCUT2D eigenvalue weighted by Gasteiger charge is 2.38. The first kappa shape index (κ1) is 17.8. The number of hydrogen-bond donors (Lipinski definition) is 1. The number of nitrogens with one attached hydrogen (secondary N) is 1. The fourth-order valence-corrected chi connectivity index (χ4v) is 1.94. The van der Waals surface area contributed by atoms with E-state index in [1.807, 2.05) is 5.32 Å². The molecule has 24 heavy (non-hydrogen) atoms. The van der Waals surface area contributed by atoms with Crippen molar-refractivity contribution in [2.75, 3.05) is 5.32 Å². The Hall–Kier alpha value is -2.58. The standard InChI is InChI=1S/C15H8F7NO/c16-11-3-1-2-10(12(11)15(20,21)22)13(24)23-9-6-4-8(5-7-9)14(17,18)19/h1-7H,(H,23,24). The molecule has 0 fully saturated rings. The summed E-state index contributed by atoms with van der Waals surface area (Å²) >= 11 is 0. The van der Waals surface area contributed by atoms with Crippen LogP contribution in [0.5, 0.6) is 0 Å². The lowest BCUT2D eigenvalue weighted by Crippen LogP contribution is -2.20. The number of hydrogen-bond acceptors (Lipinski definition) is 1. The van der Waals surface area contributed by atoms with Crippen LogP contribution in [0.1, 0.15) is 21.5 Å². The van der Waals surface area contributed by atoms with Crippen molar-refractivity contribution >= 4 is 11.6 Å². The number of benzene rings is 2. The van der Waals surface area contributed by atoms with Crippen molar-refractivity contribution in [2.24, 2.45) is 0 Å². The highest BCUT2D eigenvalue weighted by atomic mass is 19.4. The summed E-state index contributed by atoms with van der Waals surface area (Å²) in [7, 11) is 0.